The first-order valence-corrected chi connectivity index (χ1v) is 12.4. The number of nitrogen functional groups attached to an aromatic ring is 1. The Morgan fingerprint density at radius 2 is 1.95 bits per heavy atom. The van der Waals surface area contributed by atoms with Crippen molar-refractivity contribution in [3.05, 3.63) is 53.1 Å². The molecule has 13 heteroatoms. The van der Waals surface area contributed by atoms with E-state index in [2.05, 4.69) is 16.3 Å². The molecule has 0 saturated carbocycles. The van der Waals surface area contributed by atoms with Gasteiger partial charge in [0.25, 0.3) is 0 Å². The summed E-state index contributed by atoms with van der Waals surface area (Å²) >= 11 is 0. The molecule has 39 heavy (non-hydrogen) atoms. The molecular weight excluding hydrogens is 518 g/mol. The number of ether oxygens (including phenoxy) is 1. The number of alkyl halides is 3. The third-order valence-electron chi connectivity index (χ3n) is 6.29. The second kappa shape index (κ2) is 10.6. The number of halogens is 4. The van der Waals surface area contributed by atoms with Gasteiger partial charge in [0.05, 0.1) is 24.3 Å². The van der Waals surface area contributed by atoms with Crippen molar-refractivity contribution in [1.82, 2.24) is 24.5 Å². The van der Waals surface area contributed by atoms with Gasteiger partial charge in [-0.15, -0.1) is 0 Å². The molecule has 1 fully saturated rings. The van der Waals surface area contributed by atoms with Crippen molar-refractivity contribution in [3.63, 3.8) is 0 Å². The summed E-state index contributed by atoms with van der Waals surface area (Å²) in [5.41, 5.74) is 5.57. The van der Waals surface area contributed by atoms with E-state index in [0.717, 1.165) is 12.1 Å². The molecule has 3 aromatic rings. The van der Waals surface area contributed by atoms with Crippen LogP contribution >= 0.6 is 0 Å². The summed E-state index contributed by atoms with van der Waals surface area (Å²) in [6.45, 7) is 6.25. The van der Waals surface area contributed by atoms with Crippen molar-refractivity contribution >= 4 is 11.9 Å². The van der Waals surface area contributed by atoms with E-state index in [-0.39, 0.29) is 41.3 Å². The predicted octanol–water partition coefficient (Wildman–Crippen LogP) is 5.37. The van der Waals surface area contributed by atoms with Crippen molar-refractivity contribution in [2.75, 3.05) is 18.8 Å². The van der Waals surface area contributed by atoms with Gasteiger partial charge in [0.2, 0.25) is 0 Å². The van der Waals surface area contributed by atoms with Gasteiger partial charge < -0.3 is 15.4 Å². The first kappa shape index (κ1) is 27.9. The number of carbonyl (C=O) groups excluding carboxylic acids is 1. The van der Waals surface area contributed by atoms with Crippen molar-refractivity contribution in [2.24, 2.45) is 0 Å². The van der Waals surface area contributed by atoms with Crippen LogP contribution in [0.3, 0.4) is 0 Å². The summed E-state index contributed by atoms with van der Waals surface area (Å²) in [5, 5.41) is 18.6. The van der Waals surface area contributed by atoms with E-state index in [9.17, 15) is 27.6 Å². The summed E-state index contributed by atoms with van der Waals surface area (Å²) in [6, 6.07) is 4.22. The van der Waals surface area contributed by atoms with Gasteiger partial charge in [-0.1, -0.05) is 0 Å². The molecule has 1 aromatic carbocycles. The predicted molar refractivity (Wildman–Crippen MR) is 134 cm³/mol. The van der Waals surface area contributed by atoms with E-state index in [1.165, 1.54) is 17.1 Å². The third-order valence-corrected chi connectivity index (χ3v) is 6.29. The summed E-state index contributed by atoms with van der Waals surface area (Å²) in [4.78, 5) is 14.2. The number of hydrogen-bond donors (Lipinski definition) is 1. The highest BCUT2D eigenvalue weighted by molar-refractivity contribution is 5.72. The Kier molecular flexibility index (Phi) is 7.59. The lowest BCUT2D eigenvalue weighted by Crippen LogP contribution is -2.37. The first-order chi connectivity index (χ1) is 18.2. The van der Waals surface area contributed by atoms with Crippen molar-refractivity contribution in [2.45, 2.75) is 64.4 Å². The maximum absolute atomic E-state index is 13.8. The van der Waals surface area contributed by atoms with E-state index < -0.39 is 23.2 Å². The average molecular weight is 548 g/mol. The molecule has 2 N–H and O–H groups in total. The largest absolute Gasteiger partial charge is 0.444 e. The molecule has 2 aromatic heterocycles. The van der Waals surface area contributed by atoms with E-state index in [0.29, 0.717) is 44.0 Å². The minimum absolute atomic E-state index is 0.0792. The lowest BCUT2D eigenvalue weighted by Gasteiger charge is -2.26. The number of benzene rings is 1. The molecule has 0 unspecified atom stereocenters. The van der Waals surface area contributed by atoms with Crippen LogP contribution in [0.15, 0.2) is 30.6 Å². The fourth-order valence-electron chi connectivity index (χ4n) is 4.54. The van der Waals surface area contributed by atoms with Crippen molar-refractivity contribution in [1.29, 1.82) is 5.26 Å². The number of nitrogens with zero attached hydrogens (tertiary/aromatic N) is 6. The Labute approximate surface area is 222 Å². The molecule has 9 nitrogen and oxygen atoms in total. The highest BCUT2D eigenvalue weighted by atomic mass is 19.4. The molecule has 208 valence electrons. The minimum atomic E-state index is -4.68. The molecule has 4 rings (SSSR count). The standard InChI is InChI=1S/C26H29F4N7O2/c1-25(2,3)39-24(38)35-7-4-5-20(6-8-35)37-23(32)21(12-31)22(34-37)17-13-33-36(15-17)14-16-9-18(26(28,29)30)11-19(27)10-16/h9-11,13,15,20H,4-8,14,32H2,1-3H3/t20-/m0/s1. The topological polar surface area (TPSA) is 115 Å². The van der Waals surface area contributed by atoms with Crippen LogP contribution in [-0.4, -0.2) is 49.2 Å². The molecular formula is C26H29F4N7O2. The number of amides is 1. The second-order valence-electron chi connectivity index (χ2n) is 10.5. The smallest absolute Gasteiger partial charge is 0.416 e. The molecule has 0 aliphatic carbocycles. The fraction of sp³-hybridized carbons (Fsp3) is 0.462. The number of nitrogens with two attached hydrogens (primary N) is 1. The number of likely N-dealkylation sites (tertiary alicyclic amines) is 1. The van der Waals surface area contributed by atoms with Crippen LogP contribution in [0.25, 0.3) is 11.3 Å². The number of nitriles is 1. The molecule has 1 saturated heterocycles. The number of carbonyl (C=O) groups is 1. The molecule has 0 radical (unpaired) electrons. The maximum Gasteiger partial charge on any atom is 0.416 e. The van der Waals surface area contributed by atoms with Crippen LogP contribution in [0.4, 0.5) is 28.2 Å². The average Bonchev–Trinajstić information content (AvgIpc) is 3.31. The Hall–Kier alpha value is -4.08. The first-order valence-electron chi connectivity index (χ1n) is 12.4. The second-order valence-corrected chi connectivity index (χ2v) is 10.5. The number of rotatable bonds is 4. The summed E-state index contributed by atoms with van der Waals surface area (Å²) in [7, 11) is 0. The maximum atomic E-state index is 13.8. The summed E-state index contributed by atoms with van der Waals surface area (Å²) < 4.78 is 61.4. The molecule has 1 aliphatic heterocycles. The van der Waals surface area contributed by atoms with E-state index >= 15 is 0 Å². The van der Waals surface area contributed by atoms with Gasteiger partial charge in [-0.25, -0.2) is 13.9 Å². The molecule has 1 amide bonds. The molecule has 1 atom stereocenters. The monoisotopic (exact) mass is 547 g/mol. The van der Waals surface area contributed by atoms with Crippen LogP contribution in [0.1, 0.15) is 62.8 Å². The van der Waals surface area contributed by atoms with Crippen molar-refractivity contribution in [3.8, 4) is 17.3 Å². The number of anilines is 1. The zero-order chi connectivity index (χ0) is 28.5. The van der Waals surface area contributed by atoms with Gasteiger partial charge in [0, 0.05) is 24.8 Å². The number of aromatic nitrogens is 4. The van der Waals surface area contributed by atoms with E-state index in [1.54, 1.807) is 30.4 Å². The van der Waals surface area contributed by atoms with Gasteiger partial charge in [-0.2, -0.15) is 28.6 Å². The van der Waals surface area contributed by atoms with E-state index in [4.69, 9.17) is 10.5 Å². The Morgan fingerprint density at radius 3 is 2.62 bits per heavy atom. The number of hydrogen-bond acceptors (Lipinski definition) is 6. The quantitative estimate of drug-likeness (QED) is 0.439. The Bertz CT molecular complexity index is 1400. The van der Waals surface area contributed by atoms with Crippen LogP contribution in [-0.2, 0) is 17.5 Å². The summed E-state index contributed by atoms with van der Waals surface area (Å²) in [6.07, 6.45) is -0.211. The normalized spacial score (nSPS) is 16.6. The molecule has 0 bridgehead atoms. The lowest BCUT2D eigenvalue weighted by atomic mass is 10.1. The lowest BCUT2D eigenvalue weighted by molar-refractivity contribution is -0.137. The Morgan fingerprint density at radius 1 is 1.21 bits per heavy atom. The van der Waals surface area contributed by atoms with Crippen LogP contribution in [0, 0.1) is 17.1 Å². The minimum Gasteiger partial charge on any atom is -0.444 e. The zero-order valence-corrected chi connectivity index (χ0v) is 21.8. The molecule has 0 spiro atoms. The molecule has 1 aliphatic rings. The van der Waals surface area contributed by atoms with Gasteiger partial charge in [-0.3, -0.25) is 4.68 Å². The van der Waals surface area contributed by atoms with Crippen LogP contribution in [0.5, 0.6) is 0 Å². The molecule has 3 heterocycles. The van der Waals surface area contributed by atoms with Gasteiger partial charge >= 0.3 is 12.3 Å². The highest BCUT2D eigenvalue weighted by Gasteiger charge is 2.32. The van der Waals surface area contributed by atoms with Gasteiger partial charge in [0.1, 0.15) is 34.6 Å². The van der Waals surface area contributed by atoms with Crippen molar-refractivity contribution < 1.29 is 27.1 Å². The fourth-order valence-corrected chi connectivity index (χ4v) is 4.54. The zero-order valence-electron chi connectivity index (χ0n) is 21.8. The van der Waals surface area contributed by atoms with Gasteiger partial charge in [0.15, 0.2) is 0 Å². The van der Waals surface area contributed by atoms with Crippen LogP contribution in [0.2, 0.25) is 0 Å². The van der Waals surface area contributed by atoms with E-state index in [1.807, 2.05) is 0 Å². The van der Waals surface area contributed by atoms with Crippen LogP contribution < -0.4 is 5.73 Å². The summed E-state index contributed by atoms with van der Waals surface area (Å²) in [5.74, 6) is -0.824. The SMILES string of the molecule is CC(C)(C)OC(=O)N1CCC[C@H](n2nc(-c3cnn(Cc4cc(F)cc(C(F)(F)F)c4)c3)c(C#N)c2N)CC1. The van der Waals surface area contributed by atoms with Gasteiger partial charge in [-0.05, 0) is 63.8 Å². The highest BCUT2D eigenvalue weighted by Crippen LogP contribution is 2.33. The third kappa shape index (κ3) is 6.50. The Balaban J connectivity index is 1.54.